The van der Waals surface area contributed by atoms with Gasteiger partial charge in [-0.1, -0.05) is 98.9 Å². The highest BCUT2D eigenvalue weighted by atomic mass is 32.2. The number of thioether (sulfide) groups is 1. The average Bonchev–Trinajstić information content (AvgIpc) is 3.49. The zero-order chi connectivity index (χ0) is 26.0. The molecule has 0 radical (unpaired) electrons. The predicted molar refractivity (Wildman–Crippen MR) is 161 cm³/mol. The summed E-state index contributed by atoms with van der Waals surface area (Å²) in [5.41, 5.74) is 8.61. The van der Waals surface area contributed by atoms with Gasteiger partial charge in [0.1, 0.15) is 0 Å². The molecule has 38 heavy (non-hydrogen) atoms. The molecule has 0 spiro atoms. The number of fused-ring (bicyclic) bond motifs is 7. The van der Waals surface area contributed by atoms with E-state index >= 15 is 0 Å². The average molecular weight is 517 g/mol. The summed E-state index contributed by atoms with van der Waals surface area (Å²) < 4.78 is 0. The molecule has 0 bridgehead atoms. The molecule has 0 N–H and O–H groups in total. The summed E-state index contributed by atoms with van der Waals surface area (Å²) >= 11 is 2.07. The number of hydrogen-bond donors (Lipinski definition) is 0. The third-order valence-corrected chi connectivity index (χ3v) is 10.4. The first-order valence-electron chi connectivity index (χ1n) is 14.0. The number of nitrogens with zero attached hydrogens (tertiary/aromatic N) is 2. The smallest absolute Gasteiger partial charge is 0.0729 e. The van der Waals surface area contributed by atoms with Crippen LogP contribution in [0.3, 0.4) is 0 Å². The molecule has 0 fully saturated rings. The maximum absolute atomic E-state index is 2.67. The van der Waals surface area contributed by atoms with Gasteiger partial charge in [-0.15, -0.1) is 11.8 Å². The quantitative estimate of drug-likeness (QED) is 0.402. The molecule has 4 atom stereocenters. The lowest BCUT2D eigenvalue weighted by molar-refractivity contribution is 0.224. The third-order valence-electron chi connectivity index (χ3n) is 9.02. The first kappa shape index (κ1) is 23.9. The molecular formula is C35H36N2S. The summed E-state index contributed by atoms with van der Waals surface area (Å²) in [6, 6.07) is 15.0. The van der Waals surface area contributed by atoms with Gasteiger partial charge in [-0.3, -0.25) is 0 Å². The van der Waals surface area contributed by atoms with Gasteiger partial charge in [-0.05, 0) is 48.3 Å². The molecule has 0 saturated heterocycles. The van der Waals surface area contributed by atoms with E-state index in [9.17, 15) is 0 Å². The van der Waals surface area contributed by atoms with Crippen LogP contribution in [-0.4, -0.2) is 27.6 Å². The van der Waals surface area contributed by atoms with E-state index in [1.54, 1.807) is 0 Å². The molecule has 4 heterocycles. The molecule has 1 aliphatic carbocycles. The van der Waals surface area contributed by atoms with Gasteiger partial charge in [-0.2, -0.15) is 0 Å². The molecule has 0 aromatic heterocycles. The Kier molecular flexibility index (Phi) is 5.63. The van der Waals surface area contributed by atoms with Gasteiger partial charge in [0, 0.05) is 51.5 Å². The van der Waals surface area contributed by atoms with Crippen molar-refractivity contribution in [3.8, 4) is 0 Å². The van der Waals surface area contributed by atoms with Crippen molar-refractivity contribution in [2.24, 2.45) is 0 Å². The Morgan fingerprint density at radius 1 is 0.868 bits per heavy atom. The van der Waals surface area contributed by atoms with Gasteiger partial charge in [0.15, 0.2) is 0 Å². The molecule has 4 unspecified atom stereocenters. The monoisotopic (exact) mass is 516 g/mol. The van der Waals surface area contributed by atoms with Crippen molar-refractivity contribution in [3.63, 3.8) is 0 Å². The van der Waals surface area contributed by atoms with Crippen LogP contribution in [0.15, 0.2) is 108 Å². The maximum atomic E-state index is 2.67. The maximum Gasteiger partial charge on any atom is 0.0729 e. The van der Waals surface area contributed by atoms with Gasteiger partial charge in [0.2, 0.25) is 0 Å². The van der Waals surface area contributed by atoms with Crippen LogP contribution >= 0.6 is 11.8 Å². The van der Waals surface area contributed by atoms with Gasteiger partial charge in [0.25, 0.3) is 0 Å². The van der Waals surface area contributed by atoms with Gasteiger partial charge in [-0.25, -0.2) is 0 Å². The normalized spacial score (nSPS) is 26.5. The van der Waals surface area contributed by atoms with Crippen molar-refractivity contribution in [2.75, 3.05) is 6.54 Å². The number of benzene rings is 2. The molecule has 2 aromatic carbocycles. The van der Waals surface area contributed by atoms with Crippen LogP contribution in [0.5, 0.6) is 0 Å². The van der Waals surface area contributed by atoms with Crippen LogP contribution < -0.4 is 0 Å². The highest BCUT2D eigenvalue weighted by molar-refractivity contribution is 8.00. The second kappa shape index (κ2) is 8.95. The number of hydrogen-bond acceptors (Lipinski definition) is 3. The fourth-order valence-electron chi connectivity index (χ4n) is 7.31. The number of allylic oxidation sites excluding steroid dienone is 7. The SMILES string of the molecule is CC(C)N1C=CC=CC1c1ccccc1C(C)(C)C1c2ccc3c(c2C2=CC=CCN21)SC1C=CC=CC31. The second-order valence-corrected chi connectivity index (χ2v) is 13.1. The Bertz CT molecular complexity index is 1470. The van der Waals surface area contributed by atoms with Crippen LogP contribution in [0.1, 0.15) is 73.5 Å². The van der Waals surface area contributed by atoms with Gasteiger partial charge in [0.05, 0.1) is 12.1 Å². The van der Waals surface area contributed by atoms with Crippen molar-refractivity contribution in [3.05, 3.63) is 131 Å². The van der Waals surface area contributed by atoms with Crippen LogP contribution in [0.25, 0.3) is 5.70 Å². The topological polar surface area (TPSA) is 6.48 Å². The van der Waals surface area contributed by atoms with Crippen LogP contribution in [0, 0.1) is 0 Å². The summed E-state index contributed by atoms with van der Waals surface area (Å²) in [6.45, 7) is 10.5. The molecule has 0 amide bonds. The molecule has 0 saturated carbocycles. The molecular weight excluding hydrogens is 480 g/mol. The highest BCUT2D eigenvalue weighted by Gasteiger charge is 2.48. The first-order chi connectivity index (χ1) is 18.5. The fraction of sp³-hybridized carbons (Fsp3) is 0.314. The minimum absolute atomic E-state index is 0.103. The van der Waals surface area contributed by atoms with Crippen molar-refractivity contribution in [1.82, 2.24) is 9.80 Å². The summed E-state index contributed by atoms with van der Waals surface area (Å²) in [7, 11) is 0. The lowest BCUT2D eigenvalue weighted by Gasteiger charge is -2.43. The van der Waals surface area contributed by atoms with Crippen molar-refractivity contribution in [2.45, 2.75) is 67.3 Å². The Labute approximate surface area is 231 Å². The fourth-order valence-corrected chi connectivity index (χ4v) is 8.82. The van der Waals surface area contributed by atoms with E-state index in [0.717, 1.165) is 6.54 Å². The molecule has 2 nitrogen and oxygen atoms in total. The van der Waals surface area contributed by atoms with E-state index in [1.165, 1.54) is 38.4 Å². The standard InChI is InChI=1S/C35H36N2S/c1-23(2)36-21-11-9-16-29(36)26-14-5-7-15-28(26)35(3,4)34-27-20-19-25-24-13-6-8-18-31(24)38-33(25)32(27)30-17-10-12-22-37(30)34/h5-21,23-24,29,31,34H,22H2,1-4H3. The van der Waals surface area contributed by atoms with E-state index in [2.05, 4.69) is 153 Å². The molecule has 5 aliphatic rings. The van der Waals surface area contributed by atoms with E-state index in [-0.39, 0.29) is 17.5 Å². The Morgan fingerprint density at radius 3 is 2.53 bits per heavy atom. The summed E-state index contributed by atoms with van der Waals surface area (Å²) in [6.07, 6.45) is 25.1. The Balaban J connectivity index is 1.37. The highest BCUT2D eigenvalue weighted by Crippen LogP contribution is 2.59. The van der Waals surface area contributed by atoms with Gasteiger partial charge < -0.3 is 9.80 Å². The summed E-state index contributed by atoms with van der Waals surface area (Å²) in [5.74, 6) is 0.486. The Hall–Kier alpha value is -3.17. The molecule has 7 rings (SSSR count). The zero-order valence-electron chi connectivity index (χ0n) is 22.7. The van der Waals surface area contributed by atoms with Crippen LogP contribution in [0.4, 0.5) is 0 Å². The predicted octanol–water partition coefficient (Wildman–Crippen LogP) is 8.45. The van der Waals surface area contributed by atoms with Crippen molar-refractivity contribution >= 4 is 17.5 Å². The summed E-state index contributed by atoms with van der Waals surface area (Å²) in [4.78, 5) is 6.66. The van der Waals surface area contributed by atoms with Crippen LogP contribution in [0.2, 0.25) is 0 Å². The van der Waals surface area contributed by atoms with E-state index < -0.39 is 0 Å². The third kappa shape index (κ3) is 3.48. The molecule has 2 aromatic rings. The number of rotatable bonds is 4. The lowest BCUT2D eigenvalue weighted by Crippen LogP contribution is -2.39. The van der Waals surface area contributed by atoms with Crippen molar-refractivity contribution in [1.29, 1.82) is 0 Å². The van der Waals surface area contributed by atoms with E-state index in [1.807, 2.05) is 0 Å². The second-order valence-electron chi connectivity index (χ2n) is 11.9. The minimum Gasteiger partial charge on any atom is -0.365 e. The van der Waals surface area contributed by atoms with Crippen LogP contribution in [-0.2, 0) is 5.41 Å². The van der Waals surface area contributed by atoms with Gasteiger partial charge >= 0.3 is 0 Å². The van der Waals surface area contributed by atoms with E-state index in [0.29, 0.717) is 17.2 Å². The first-order valence-corrected chi connectivity index (χ1v) is 14.9. The van der Waals surface area contributed by atoms with Crippen molar-refractivity contribution < 1.29 is 0 Å². The summed E-state index contributed by atoms with van der Waals surface area (Å²) in [5, 5.41) is 0.510. The molecule has 3 heteroatoms. The van der Waals surface area contributed by atoms with E-state index in [4.69, 9.17) is 0 Å². The Morgan fingerprint density at radius 2 is 1.66 bits per heavy atom. The minimum atomic E-state index is -0.103. The molecule has 192 valence electrons. The zero-order valence-corrected chi connectivity index (χ0v) is 23.5. The molecule has 4 aliphatic heterocycles. The largest absolute Gasteiger partial charge is 0.365 e. The lowest BCUT2D eigenvalue weighted by atomic mass is 9.71.